The van der Waals surface area contributed by atoms with E-state index < -0.39 is 0 Å². The van der Waals surface area contributed by atoms with E-state index in [1.54, 1.807) is 4.68 Å². The normalized spacial score (nSPS) is 17.2. The number of aromatic nitrogens is 2. The standard InChI is InChI=1S/C11H16BrN3O/c1-3-15-9(6-8(2)14-15)10(16)13-11(7-12)4-5-11/h6H,3-5,7H2,1-2H3,(H,13,16). The molecule has 0 bridgehead atoms. The summed E-state index contributed by atoms with van der Waals surface area (Å²) in [5, 5.41) is 8.17. The van der Waals surface area contributed by atoms with Gasteiger partial charge in [0.1, 0.15) is 5.69 Å². The van der Waals surface area contributed by atoms with Crippen LogP contribution in [0.1, 0.15) is 35.9 Å². The van der Waals surface area contributed by atoms with E-state index in [0.29, 0.717) is 5.69 Å². The number of nitrogens with zero attached hydrogens (tertiary/aromatic N) is 2. The van der Waals surface area contributed by atoms with E-state index in [1.165, 1.54) is 0 Å². The zero-order valence-corrected chi connectivity index (χ0v) is 11.2. The molecule has 2 rings (SSSR count). The second kappa shape index (κ2) is 4.20. The molecule has 1 saturated carbocycles. The third-order valence-corrected chi connectivity index (χ3v) is 4.00. The van der Waals surface area contributed by atoms with Crippen LogP contribution in [-0.4, -0.2) is 26.6 Å². The number of carbonyl (C=O) groups is 1. The van der Waals surface area contributed by atoms with Crippen molar-refractivity contribution in [2.75, 3.05) is 5.33 Å². The van der Waals surface area contributed by atoms with Crippen LogP contribution in [0.5, 0.6) is 0 Å². The molecule has 0 aromatic carbocycles. The highest BCUT2D eigenvalue weighted by atomic mass is 79.9. The molecule has 1 aromatic rings. The first-order valence-electron chi connectivity index (χ1n) is 5.53. The smallest absolute Gasteiger partial charge is 0.270 e. The number of carbonyl (C=O) groups excluding carboxylic acids is 1. The lowest BCUT2D eigenvalue weighted by atomic mass is 10.3. The molecular weight excluding hydrogens is 270 g/mol. The van der Waals surface area contributed by atoms with Crippen LogP contribution in [-0.2, 0) is 6.54 Å². The van der Waals surface area contributed by atoms with E-state index in [-0.39, 0.29) is 11.4 Å². The van der Waals surface area contributed by atoms with Gasteiger partial charge in [-0.2, -0.15) is 5.10 Å². The van der Waals surface area contributed by atoms with Crippen LogP contribution in [0, 0.1) is 6.92 Å². The molecule has 16 heavy (non-hydrogen) atoms. The fraction of sp³-hybridized carbons (Fsp3) is 0.636. The Bertz CT molecular complexity index is 409. The molecule has 1 aromatic heterocycles. The third kappa shape index (κ3) is 2.14. The molecule has 0 saturated heterocycles. The Morgan fingerprint density at radius 1 is 1.69 bits per heavy atom. The van der Waals surface area contributed by atoms with Gasteiger partial charge in [0.25, 0.3) is 5.91 Å². The Kier molecular flexibility index (Phi) is 3.06. The topological polar surface area (TPSA) is 46.9 Å². The van der Waals surface area contributed by atoms with Crippen molar-refractivity contribution in [2.24, 2.45) is 0 Å². The number of rotatable bonds is 4. The van der Waals surface area contributed by atoms with Gasteiger partial charge < -0.3 is 5.32 Å². The second-order valence-electron chi connectivity index (χ2n) is 4.35. The zero-order valence-electron chi connectivity index (χ0n) is 9.59. The highest BCUT2D eigenvalue weighted by Crippen LogP contribution is 2.37. The van der Waals surface area contributed by atoms with Crippen molar-refractivity contribution in [3.63, 3.8) is 0 Å². The molecule has 5 heteroatoms. The quantitative estimate of drug-likeness (QED) is 0.859. The molecule has 0 aliphatic heterocycles. The molecule has 88 valence electrons. The van der Waals surface area contributed by atoms with Crippen LogP contribution in [0.3, 0.4) is 0 Å². The molecule has 1 amide bonds. The first-order valence-corrected chi connectivity index (χ1v) is 6.65. The minimum absolute atomic E-state index is 0.00612. The van der Waals surface area contributed by atoms with Crippen LogP contribution in [0.2, 0.25) is 0 Å². The van der Waals surface area contributed by atoms with Crippen LogP contribution >= 0.6 is 15.9 Å². The largest absolute Gasteiger partial charge is 0.344 e. The fourth-order valence-corrected chi connectivity index (χ4v) is 2.42. The summed E-state index contributed by atoms with van der Waals surface area (Å²) in [6.07, 6.45) is 2.12. The van der Waals surface area contributed by atoms with Gasteiger partial charge >= 0.3 is 0 Å². The van der Waals surface area contributed by atoms with Crippen LogP contribution in [0.25, 0.3) is 0 Å². The van der Waals surface area contributed by atoms with E-state index in [4.69, 9.17) is 0 Å². The Hall–Kier alpha value is -0.840. The average Bonchev–Trinajstić information content (AvgIpc) is 2.93. The summed E-state index contributed by atoms with van der Waals surface area (Å²) in [6, 6.07) is 1.84. The lowest BCUT2D eigenvalue weighted by Gasteiger charge is -2.14. The highest BCUT2D eigenvalue weighted by Gasteiger charge is 2.43. The Morgan fingerprint density at radius 2 is 2.38 bits per heavy atom. The molecule has 1 aliphatic rings. The number of hydrogen-bond donors (Lipinski definition) is 1. The maximum Gasteiger partial charge on any atom is 0.270 e. The lowest BCUT2D eigenvalue weighted by Crippen LogP contribution is -2.39. The van der Waals surface area contributed by atoms with Gasteiger partial charge in [-0.25, -0.2) is 0 Å². The Labute approximate surface area is 104 Å². The van der Waals surface area contributed by atoms with Gasteiger partial charge in [0, 0.05) is 11.9 Å². The number of alkyl halides is 1. The number of nitrogens with one attached hydrogen (secondary N) is 1. The molecule has 1 aliphatic carbocycles. The van der Waals surface area contributed by atoms with Crippen molar-refractivity contribution < 1.29 is 4.79 Å². The first-order chi connectivity index (χ1) is 7.60. The van der Waals surface area contributed by atoms with Crippen LogP contribution in [0.15, 0.2) is 6.07 Å². The number of amides is 1. The molecule has 1 heterocycles. The van der Waals surface area contributed by atoms with E-state index in [9.17, 15) is 4.79 Å². The van der Waals surface area contributed by atoms with Gasteiger partial charge in [0.2, 0.25) is 0 Å². The van der Waals surface area contributed by atoms with E-state index in [1.807, 2.05) is 19.9 Å². The van der Waals surface area contributed by atoms with Crippen molar-refractivity contribution in [2.45, 2.75) is 38.8 Å². The average molecular weight is 286 g/mol. The van der Waals surface area contributed by atoms with Crippen molar-refractivity contribution >= 4 is 21.8 Å². The monoisotopic (exact) mass is 285 g/mol. The predicted octanol–water partition coefficient (Wildman–Crippen LogP) is 1.87. The molecule has 1 fully saturated rings. The number of aryl methyl sites for hydroxylation is 2. The SMILES string of the molecule is CCn1nc(C)cc1C(=O)NC1(CBr)CC1. The Morgan fingerprint density at radius 3 is 2.88 bits per heavy atom. The van der Waals surface area contributed by atoms with Crippen LogP contribution in [0.4, 0.5) is 0 Å². The van der Waals surface area contributed by atoms with Gasteiger partial charge in [0.05, 0.1) is 11.2 Å². The summed E-state index contributed by atoms with van der Waals surface area (Å²) >= 11 is 3.44. The van der Waals surface area contributed by atoms with Gasteiger partial charge in [-0.15, -0.1) is 0 Å². The molecule has 1 N–H and O–H groups in total. The van der Waals surface area contributed by atoms with Crippen LogP contribution < -0.4 is 5.32 Å². The molecule has 0 spiro atoms. The van der Waals surface area contributed by atoms with Crippen molar-refractivity contribution in [1.29, 1.82) is 0 Å². The molecule has 4 nitrogen and oxygen atoms in total. The fourth-order valence-electron chi connectivity index (χ4n) is 1.72. The number of halogens is 1. The van der Waals surface area contributed by atoms with Crippen molar-refractivity contribution in [3.05, 3.63) is 17.5 Å². The molecular formula is C11H16BrN3O. The van der Waals surface area contributed by atoms with Crippen molar-refractivity contribution in [3.8, 4) is 0 Å². The third-order valence-electron chi connectivity index (χ3n) is 2.92. The van der Waals surface area contributed by atoms with Gasteiger partial charge in [-0.1, -0.05) is 15.9 Å². The summed E-state index contributed by atoms with van der Waals surface area (Å²) in [5.41, 5.74) is 1.54. The molecule has 0 unspecified atom stereocenters. The Balaban J connectivity index is 2.14. The summed E-state index contributed by atoms with van der Waals surface area (Å²) in [6.45, 7) is 4.61. The van der Waals surface area contributed by atoms with Crippen molar-refractivity contribution in [1.82, 2.24) is 15.1 Å². The zero-order chi connectivity index (χ0) is 11.8. The summed E-state index contributed by atoms with van der Waals surface area (Å²) in [7, 11) is 0. The van der Waals surface area contributed by atoms with E-state index in [2.05, 4.69) is 26.3 Å². The summed E-state index contributed by atoms with van der Waals surface area (Å²) in [4.78, 5) is 12.1. The van der Waals surface area contributed by atoms with E-state index >= 15 is 0 Å². The second-order valence-corrected chi connectivity index (χ2v) is 4.92. The molecule has 0 radical (unpaired) electrons. The lowest BCUT2D eigenvalue weighted by molar-refractivity contribution is 0.0925. The minimum Gasteiger partial charge on any atom is -0.344 e. The van der Waals surface area contributed by atoms with Gasteiger partial charge in [-0.05, 0) is 32.8 Å². The van der Waals surface area contributed by atoms with E-state index in [0.717, 1.165) is 30.4 Å². The number of hydrogen-bond acceptors (Lipinski definition) is 2. The molecule has 0 atom stereocenters. The predicted molar refractivity (Wildman–Crippen MR) is 65.9 cm³/mol. The van der Waals surface area contributed by atoms with Gasteiger partial charge in [0.15, 0.2) is 0 Å². The minimum atomic E-state index is -0.0144. The maximum atomic E-state index is 12.1. The maximum absolute atomic E-state index is 12.1. The highest BCUT2D eigenvalue weighted by molar-refractivity contribution is 9.09. The summed E-state index contributed by atoms with van der Waals surface area (Å²) in [5.74, 6) is -0.0144. The summed E-state index contributed by atoms with van der Waals surface area (Å²) < 4.78 is 1.75. The first kappa shape index (κ1) is 11.6. The van der Waals surface area contributed by atoms with Gasteiger partial charge in [-0.3, -0.25) is 9.48 Å².